The first-order chi connectivity index (χ1) is 10.1. The molecule has 0 aliphatic heterocycles. The molecule has 0 saturated heterocycles. The molecule has 6 heteroatoms. The maximum absolute atomic E-state index is 11.3. The molecule has 3 aromatic rings. The summed E-state index contributed by atoms with van der Waals surface area (Å²) in [6.45, 7) is 3.46. The van der Waals surface area contributed by atoms with Crippen molar-refractivity contribution < 1.29 is 9.53 Å². The van der Waals surface area contributed by atoms with Gasteiger partial charge in [-0.15, -0.1) is 0 Å². The fourth-order valence-electron chi connectivity index (χ4n) is 2.10. The van der Waals surface area contributed by atoms with E-state index < -0.39 is 0 Å². The minimum absolute atomic E-state index is 0.0352. The first kappa shape index (κ1) is 13.2. The van der Waals surface area contributed by atoms with Gasteiger partial charge in [-0.1, -0.05) is 0 Å². The zero-order chi connectivity index (χ0) is 14.8. The van der Waals surface area contributed by atoms with Crippen LogP contribution in [0.5, 0.6) is 5.75 Å². The predicted molar refractivity (Wildman–Crippen MR) is 76.3 cm³/mol. The number of rotatable bonds is 4. The number of benzene rings is 1. The molecule has 0 spiro atoms. The van der Waals surface area contributed by atoms with E-state index in [1.165, 1.54) is 13.3 Å². The van der Waals surface area contributed by atoms with Crippen LogP contribution in [0.2, 0.25) is 0 Å². The van der Waals surface area contributed by atoms with Crippen molar-refractivity contribution in [2.75, 3.05) is 0 Å². The average molecular weight is 282 g/mol. The van der Waals surface area contributed by atoms with Gasteiger partial charge in [0.2, 0.25) is 0 Å². The summed E-state index contributed by atoms with van der Waals surface area (Å²) in [5.41, 5.74) is 1.52. The molecular formula is C15H14N4O2. The molecule has 0 amide bonds. The van der Waals surface area contributed by atoms with Crippen molar-refractivity contribution in [1.82, 2.24) is 19.6 Å². The van der Waals surface area contributed by atoms with Gasteiger partial charge in [-0.25, -0.2) is 4.98 Å². The summed E-state index contributed by atoms with van der Waals surface area (Å²) >= 11 is 0. The summed E-state index contributed by atoms with van der Waals surface area (Å²) in [7, 11) is 0. The lowest BCUT2D eigenvalue weighted by Gasteiger charge is -2.15. The Morgan fingerprint density at radius 3 is 2.67 bits per heavy atom. The van der Waals surface area contributed by atoms with Crippen molar-refractivity contribution >= 4 is 11.6 Å². The number of aromatic nitrogens is 4. The molecule has 1 aromatic carbocycles. The van der Waals surface area contributed by atoms with Crippen LogP contribution < -0.4 is 4.74 Å². The van der Waals surface area contributed by atoms with Crippen LogP contribution in [0.25, 0.3) is 5.78 Å². The molecule has 0 saturated carbocycles. The third-order valence-electron chi connectivity index (χ3n) is 3.20. The molecule has 3 rings (SSSR count). The largest absolute Gasteiger partial charge is 0.484 e. The number of ketones is 1. The molecule has 106 valence electrons. The van der Waals surface area contributed by atoms with E-state index in [1.807, 2.05) is 13.0 Å². The molecule has 0 fully saturated rings. The summed E-state index contributed by atoms with van der Waals surface area (Å²) in [6, 6.07) is 8.92. The molecule has 0 aliphatic carbocycles. The van der Waals surface area contributed by atoms with E-state index in [-0.39, 0.29) is 11.9 Å². The maximum atomic E-state index is 11.3. The Balaban J connectivity index is 1.84. The molecular weight excluding hydrogens is 268 g/mol. The van der Waals surface area contributed by atoms with Crippen LogP contribution in [-0.4, -0.2) is 25.4 Å². The highest BCUT2D eigenvalue weighted by molar-refractivity contribution is 5.94. The highest BCUT2D eigenvalue weighted by Crippen LogP contribution is 2.21. The number of fused-ring (bicyclic) bond motifs is 1. The number of hydrogen-bond acceptors (Lipinski definition) is 5. The second kappa shape index (κ2) is 5.32. The zero-order valence-corrected chi connectivity index (χ0v) is 11.7. The molecule has 1 unspecified atom stereocenters. The van der Waals surface area contributed by atoms with Gasteiger partial charge in [0.1, 0.15) is 18.2 Å². The number of carbonyl (C=O) groups excluding carboxylic acids is 1. The molecule has 0 radical (unpaired) electrons. The topological polar surface area (TPSA) is 69.4 Å². The van der Waals surface area contributed by atoms with Crippen LogP contribution in [0.15, 0.2) is 42.9 Å². The van der Waals surface area contributed by atoms with Crippen molar-refractivity contribution in [2.24, 2.45) is 0 Å². The minimum atomic E-state index is -0.222. The molecule has 0 bridgehead atoms. The Bertz CT molecular complexity index is 780. The summed E-state index contributed by atoms with van der Waals surface area (Å²) in [4.78, 5) is 19.4. The SMILES string of the molecule is CC(=O)c1ccc(OC(C)c2ccnc3ncnn23)cc1. The molecule has 2 heterocycles. The van der Waals surface area contributed by atoms with Gasteiger partial charge in [0.05, 0.1) is 5.69 Å². The van der Waals surface area contributed by atoms with Crippen molar-refractivity contribution in [3.8, 4) is 5.75 Å². The lowest BCUT2D eigenvalue weighted by atomic mass is 10.1. The summed E-state index contributed by atoms with van der Waals surface area (Å²) in [6.07, 6.45) is 2.92. The monoisotopic (exact) mass is 282 g/mol. The first-order valence-corrected chi connectivity index (χ1v) is 6.57. The van der Waals surface area contributed by atoms with Crippen LogP contribution in [0.4, 0.5) is 0 Å². The van der Waals surface area contributed by atoms with E-state index in [1.54, 1.807) is 35.0 Å². The minimum Gasteiger partial charge on any atom is -0.484 e. The van der Waals surface area contributed by atoms with Crippen molar-refractivity contribution in [3.63, 3.8) is 0 Å². The zero-order valence-electron chi connectivity index (χ0n) is 11.7. The van der Waals surface area contributed by atoms with Gasteiger partial charge in [-0.3, -0.25) is 4.79 Å². The summed E-state index contributed by atoms with van der Waals surface area (Å²) in [5.74, 6) is 1.26. The Kier molecular flexibility index (Phi) is 3.35. The Morgan fingerprint density at radius 2 is 1.95 bits per heavy atom. The maximum Gasteiger partial charge on any atom is 0.252 e. The fraction of sp³-hybridized carbons (Fsp3) is 0.200. The molecule has 2 aromatic heterocycles. The first-order valence-electron chi connectivity index (χ1n) is 6.57. The van der Waals surface area contributed by atoms with E-state index in [4.69, 9.17) is 4.74 Å². The Hall–Kier alpha value is -2.76. The quantitative estimate of drug-likeness (QED) is 0.687. The third-order valence-corrected chi connectivity index (χ3v) is 3.20. The third kappa shape index (κ3) is 2.60. The van der Waals surface area contributed by atoms with Gasteiger partial charge in [0, 0.05) is 11.8 Å². The van der Waals surface area contributed by atoms with Gasteiger partial charge >= 0.3 is 0 Å². The second-order valence-electron chi connectivity index (χ2n) is 4.68. The normalized spacial score (nSPS) is 12.3. The van der Waals surface area contributed by atoms with Crippen LogP contribution in [0.1, 0.15) is 36.0 Å². The van der Waals surface area contributed by atoms with Crippen molar-refractivity contribution in [1.29, 1.82) is 0 Å². The van der Waals surface area contributed by atoms with Crippen LogP contribution >= 0.6 is 0 Å². The smallest absolute Gasteiger partial charge is 0.252 e. The Labute approximate surface area is 121 Å². The van der Waals surface area contributed by atoms with Crippen molar-refractivity contribution in [2.45, 2.75) is 20.0 Å². The molecule has 0 N–H and O–H groups in total. The number of Topliss-reactive ketones (excluding diaryl/α,β-unsaturated/α-hetero) is 1. The lowest BCUT2D eigenvalue weighted by Crippen LogP contribution is -2.10. The number of hydrogen-bond donors (Lipinski definition) is 0. The van der Waals surface area contributed by atoms with E-state index >= 15 is 0 Å². The predicted octanol–water partition coefficient (Wildman–Crippen LogP) is 2.47. The van der Waals surface area contributed by atoms with Crippen LogP contribution in [0, 0.1) is 0 Å². The lowest BCUT2D eigenvalue weighted by molar-refractivity contribution is 0.101. The van der Waals surface area contributed by atoms with E-state index in [2.05, 4.69) is 15.1 Å². The van der Waals surface area contributed by atoms with Gasteiger partial charge in [-0.2, -0.15) is 14.6 Å². The van der Waals surface area contributed by atoms with Gasteiger partial charge in [0.15, 0.2) is 5.78 Å². The van der Waals surface area contributed by atoms with Crippen LogP contribution in [0.3, 0.4) is 0 Å². The average Bonchev–Trinajstić information content (AvgIpc) is 2.96. The van der Waals surface area contributed by atoms with Crippen molar-refractivity contribution in [3.05, 3.63) is 54.1 Å². The molecule has 0 aliphatic rings. The highest BCUT2D eigenvalue weighted by atomic mass is 16.5. The van der Waals surface area contributed by atoms with Crippen LogP contribution in [-0.2, 0) is 0 Å². The number of ether oxygens (including phenoxy) is 1. The highest BCUT2D eigenvalue weighted by Gasteiger charge is 2.13. The molecule has 6 nitrogen and oxygen atoms in total. The number of nitrogens with zero attached hydrogens (tertiary/aromatic N) is 4. The van der Waals surface area contributed by atoms with E-state index in [9.17, 15) is 4.79 Å². The molecule has 21 heavy (non-hydrogen) atoms. The van der Waals surface area contributed by atoms with E-state index in [0.717, 1.165) is 5.69 Å². The van der Waals surface area contributed by atoms with Gasteiger partial charge in [0.25, 0.3) is 5.78 Å². The summed E-state index contributed by atoms with van der Waals surface area (Å²) < 4.78 is 7.53. The Morgan fingerprint density at radius 1 is 1.19 bits per heavy atom. The molecule has 1 atom stereocenters. The standard InChI is InChI=1S/C15H14N4O2/c1-10(20)12-3-5-13(6-4-12)21-11(2)14-7-8-16-15-17-9-18-19(14)15/h3-9,11H,1-2H3. The fourth-order valence-corrected chi connectivity index (χ4v) is 2.10. The van der Waals surface area contributed by atoms with Gasteiger partial charge < -0.3 is 4.74 Å². The number of carbonyl (C=O) groups is 1. The van der Waals surface area contributed by atoms with E-state index in [0.29, 0.717) is 17.1 Å². The van der Waals surface area contributed by atoms with Gasteiger partial charge in [-0.05, 0) is 44.2 Å². The summed E-state index contributed by atoms with van der Waals surface area (Å²) in [5, 5.41) is 4.14. The second-order valence-corrected chi connectivity index (χ2v) is 4.68.